The predicted octanol–water partition coefficient (Wildman–Crippen LogP) is 2.64. The average molecular weight is 358 g/mol. The van der Waals surface area contributed by atoms with Crippen LogP contribution in [-0.4, -0.2) is 48.6 Å². The number of nitrogens with one attached hydrogen (secondary N) is 2. The zero-order chi connectivity index (χ0) is 18.3. The van der Waals surface area contributed by atoms with Gasteiger partial charge in [-0.1, -0.05) is 11.6 Å². The molecule has 6 heteroatoms. The third kappa shape index (κ3) is 3.39. The van der Waals surface area contributed by atoms with Crippen molar-refractivity contribution in [1.29, 1.82) is 0 Å². The zero-order valence-electron chi connectivity index (χ0n) is 16.0. The third-order valence-electron chi connectivity index (χ3n) is 5.89. The van der Waals surface area contributed by atoms with E-state index in [2.05, 4.69) is 34.1 Å². The molecular weight excluding hydrogens is 328 g/mol. The van der Waals surface area contributed by atoms with Crippen molar-refractivity contribution in [2.24, 2.45) is 22.7 Å². The standard InChI is InChI=1S/C20H30N4O2/c1-20(2,3)26-19(25)24-10-6-13(7-11-24)14-4-8-21-16-12-23-18-15(17(14)16)5-9-22-18/h6,8,12,14-15,17-18,22-23H,4-5,7,9-11H2,1-3H3/t14-,15?,17-,18-/m0/s1. The van der Waals surface area contributed by atoms with E-state index in [0.29, 0.717) is 30.5 Å². The van der Waals surface area contributed by atoms with Crippen LogP contribution in [0.25, 0.3) is 0 Å². The van der Waals surface area contributed by atoms with Gasteiger partial charge in [-0.05, 0) is 52.5 Å². The summed E-state index contributed by atoms with van der Waals surface area (Å²) < 4.78 is 5.51. The van der Waals surface area contributed by atoms with Gasteiger partial charge in [-0.2, -0.15) is 0 Å². The molecular formula is C20H30N4O2. The Hall–Kier alpha value is -1.82. The molecule has 4 heterocycles. The predicted molar refractivity (Wildman–Crippen MR) is 102 cm³/mol. The molecule has 0 aromatic heterocycles. The number of amides is 1. The Kier molecular flexibility index (Phi) is 4.55. The first kappa shape index (κ1) is 17.6. The summed E-state index contributed by atoms with van der Waals surface area (Å²) in [6.07, 6.45) is 9.73. The summed E-state index contributed by atoms with van der Waals surface area (Å²) in [7, 11) is 0. The Morgan fingerprint density at radius 2 is 2.23 bits per heavy atom. The summed E-state index contributed by atoms with van der Waals surface area (Å²) >= 11 is 0. The van der Waals surface area contributed by atoms with E-state index in [-0.39, 0.29) is 6.09 Å². The number of carbonyl (C=O) groups is 1. The number of hydrogen-bond acceptors (Lipinski definition) is 5. The molecule has 0 spiro atoms. The molecule has 4 rings (SSSR count). The summed E-state index contributed by atoms with van der Waals surface area (Å²) in [5, 5.41) is 7.03. The quantitative estimate of drug-likeness (QED) is 0.707. The smallest absolute Gasteiger partial charge is 0.410 e. The highest BCUT2D eigenvalue weighted by atomic mass is 16.6. The van der Waals surface area contributed by atoms with E-state index in [4.69, 9.17) is 4.74 Å². The summed E-state index contributed by atoms with van der Waals surface area (Å²) in [6, 6.07) is 0. The van der Waals surface area contributed by atoms with Gasteiger partial charge in [0.05, 0.1) is 11.9 Å². The number of fused-ring (bicyclic) bond motifs is 3. The van der Waals surface area contributed by atoms with Gasteiger partial charge in [-0.15, -0.1) is 0 Å². The van der Waals surface area contributed by atoms with E-state index in [1.54, 1.807) is 0 Å². The first-order valence-electron chi connectivity index (χ1n) is 9.81. The fourth-order valence-electron chi connectivity index (χ4n) is 4.73. The van der Waals surface area contributed by atoms with Gasteiger partial charge >= 0.3 is 6.09 Å². The average Bonchev–Trinajstić information content (AvgIpc) is 3.09. The molecule has 1 unspecified atom stereocenters. The van der Waals surface area contributed by atoms with Crippen LogP contribution in [0.4, 0.5) is 4.79 Å². The van der Waals surface area contributed by atoms with Gasteiger partial charge in [0.2, 0.25) is 0 Å². The van der Waals surface area contributed by atoms with Crippen molar-refractivity contribution in [1.82, 2.24) is 15.5 Å². The van der Waals surface area contributed by atoms with Crippen molar-refractivity contribution in [2.45, 2.75) is 51.8 Å². The maximum atomic E-state index is 12.3. The lowest BCUT2D eigenvalue weighted by atomic mass is 9.70. The molecule has 0 bridgehead atoms. The van der Waals surface area contributed by atoms with Crippen LogP contribution in [0.5, 0.6) is 0 Å². The first-order valence-corrected chi connectivity index (χ1v) is 9.81. The van der Waals surface area contributed by atoms with Crippen LogP contribution in [0, 0.1) is 17.8 Å². The van der Waals surface area contributed by atoms with E-state index in [9.17, 15) is 4.79 Å². The Morgan fingerprint density at radius 1 is 1.38 bits per heavy atom. The molecule has 6 nitrogen and oxygen atoms in total. The highest BCUT2D eigenvalue weighted by Gasteiger charge is 2.44. The number of allylic oxidation sites excluding steroid dienone is 1. The molecule has 0 aromatic carbocycles. The van der Waals surface area contributed by atoms with Gasteiger partial charge in [0.15, 0.2) is 0 Å². The van der Waals surface area contributed by atoms with Crippen molar-refractivity contribution < 1.29 is 9.53 Å². The van der Waals surface area contributed by atoms with Crippen molar-refractivity contribution in [2.75, 3.05) is 19.6 Å². The Balaban J connectivity index is 1.48. The van der Waals surface area contributed by atoms with Crippen LogP contribution >= 0.6 is 0 Å². The van der Waals surface area contributed by atoms with Crippen LogP contribution in [0.2, 0.25) is 0 Å². The van der Waals surface area contributed by atoms with Gasteiger partial charge < -0.3 is 15.0 Å². The topological polar surface area (TPSA) is 66.0 Å². The maximum absolute atomic E-state index is 12.3. The van der Waals surface area contributed by atoms with Crippen molar-refractivity contribution in [3.8, 4) is 0 Å². The minimum atomic E-state index is -0.444. The van der Waals surface area contributed by atoms with E-state index >= 15 is 0 Å². The molecule has 0 aliphatic carbocycles. The minimum Gasteiger partial charge on any atom is -0.444 e. The number of carbonyl (C=O) groups excluding carboxylic acids is 1. The number of rotatable bonds is 1. The van der Waals surface area contributed by atoms with Crippen LogP contribution in [0.15, 0.2) is 28.5 Å². The lowest BCUT2D eigenvalue weighted by Crippen LogP contribution is -2.48. The Bertz CT molecular complexity index is 661. The fraction of sp³-hybridized carbons (Fsp3) is 0.700. The number of hydrogen-bond donors (Lipinski definition) is 2. The summed E-state index contributed by atoms with van der Waals surface area (Å²) in [5.41, 5.74) is 2.24. The SMILES string of the molecule is CC(C)(C)OC(=O)N1CC=C([C@@H]2CC=NC3=CN[C@@H]4NCCC4[C@@H]32)CC1. The monoisotopic (exact) mass is 358 g/mol. The third-order valence-corrected chi connectivity index (χ3v) is 5.89. The Labute approximate surface area is 155 Å². The molecule has 1 amide bonds. The second kappa shape index (κ2) is 6.72. The minimum absolute atomic E-state index is 0.208. The van der Waals surface area contributed by atoms with Gasteiger partial charge in [0, 0.05) is 37.3 Å². The second-order valence-corrected chi connectivity index (χ2v) is 8.76. The molecule has 1 fully saturated rings. The molecule has 1 saturated heterocycles. The molecule has 0 radical (unpaired) electrons. The van der Waals surface area contributed by atoms with Gasteiger partial charge in [0.1, 0.15) is 5.60 Å². The lowest BCUT2D eigenvalue weighted by Gasteiger charge is -2.42. The first-order chi connectivity index (χ1) is 12.4. The van der Waals surface area contributed by atoms with E-state index in [1.807, 2.05) is 25.7 Å². The van der Waals surface area contributed by atoms with Crippen LogP contribution in [0.3, 0.4) is 0 Å². The zero-order valence-corrected chi connectivity index (χ0v) is 16.0. The van der Waals surface area contributed by atoms with E-state index in [1.165, 1.54) is 17.7 Å². The normalized spacial score (nSPS) is 33.6. The fourth-order valence-corrected chi connectivity index (χ4v) is 4.73. The van der Waals surface area contributed by atoms with Crippen LogP contribution in [-0.2, 0) is 4.74 Å². The van der Waals surface area contributed by atoms with Crippen LogP contribution in [0.1, 0.15) is 40.0 Å². The lowest BCUT2D eigenvalue weighted by molar-refractivity contribution is 0.0262. The number of aliphatic imine (C=N–C) groups is 1. The molecule has 4 aliphatic heterocycles. The highest BCUT2D eigenvalue weighted by Crippen LogP contribution is 2.44. The highest BCUT2D eigenvalue weighted by molar-refractivity contribution is 5.69. The number of nitrogens with zero attached hydrogens (tertiary/aromatic N) is 2. The largest absolute Gasteiger partial charge is 0.444 e. The van der Waals surface area contributed by atoms with Crippen molar-refractivity contribution in [3.63, 3.8) is 0 Å². The van der Waals surface area contributed by atoms with Crippen molar-refractivity contribution >= 4 is 12.3 Å². The molecule has 4 atom stereocenters. The van der Waals surface area contributed by atoms with Gasteiger partial charge in [-0.3, -0.25) is 10.3 Å². The maximum Gasteiger partial charge on any atom is 0.410 e. The van der Waals surface area contributed by atoms with Gasteiger partial charge in [0.25, 0.3) is 0 Å². The molecule has 142 valence electrons. The van der Waals surface area contributed by atoms with Crippen molar-refractivity contribution in [3.05, 3.63) is 23.5 Å². The van der Waals surface area contributed by atoms with E-state index < -0.39 is 5.60 Å². The number of ether oxygens (including phenoxy) is 1. The summed E-state index contributed by atoms with van der Waals surface area (Å²) in [6.45, 7) is 8.19. The molecule has 2 N–H and O–H groups in total. The molecule has 4 aliphatic rings. The molecule has 0 aromatic rings. The molecule has 26 heavy (non-hydrogen) atoms. The second-order valence-electron chi connectivity index (χ2n) is 8.76. The molecule has 0 saturated carbocycles. The van der Waals surface area contributed by atoms with E-state index in [0.717, 1.165) is 25.9 Å². The summed E-state index contributed by atoms with van der Waals surface area (Å²) in [4.78, 5) is 18.8. The Morgan fingerprint density at radius 3 is 2.96 bits per heavy atom. The van der Waals surface area contributed by atoms with Crippen LogP contribution < -0.4 is 10.6 Å². The summed E-state index contributed by atoms with van der Waals surface area (Å²) in [5.74, 6) is 1.59. The van der Waals surface area contributed by atoms with Gasteiger partial charge in [-0.25, -0.2) is 4.79 Å².